The SMILES string of the molecule is Cc1cc(-c2cc3c(=O)c(NC(C)C)c[nH]c3nc2-c2ccccc2)cc(Cl)n1. The van der Waals surface area contributed by atoms with Crippen LogP contribution < -0.4 is 10.7 Å². The maximum Gasteiger partial charge on any atom is 0.214 e. The van der Waals surface area contributed by atoms with Gasteiger partial charge in [0.2, 0.25) is 5.43 Å². The fraction of sp³-hybridized carbons (Fsp3) is 0.174. The van der Waals surface area contributed by atoms with Crippen molar-refractivity contribution in [1.29, 1.82) is 0 Å². The van der Waals surface area contributed by atoms with Crippen LogP contribution in [0.25, 0.3) is 33.4 Å². The van der Waals surface area contributed by atoms with Gasteiger partial charge in [-0.15, -0.1) is 0 Å². The number of H-pyrrole nitrogens is 1. The zero-order chi connectivity index (χ0) is 20.5. The van der Waals surface area contributed by atoms with Crippen LogP contribution in [-0.4, -0.2) is 21.0 Å². The molecule has 0 radical (unpaired) electrons. The predicted molar refractivity (Wildman–Crippen MR) is 120 cm³/mol. The first-order valence-corrected chi connectivity index (χ1v) is 9.83. The molecular weight excluding hydrogens is 384 g/mol. The maximum absolute atomic E-state index is 13.1. The van der Waals surface area contributed by atoms with E-state index in [4.69, 9.17) is 16.6 Å². The zero-order valence-corrected chi connectivity index (χ0v) is 17.2. The second kappa shape index (κ2) is 7.68. The normalized spacial score (nSPS) is 11.2. The van der Waals surface area contributed by atoms with Crippen LogP contribution >= 0.6 is 11.6 Å². The molecule has 4 rings (SSSR count). The smallest absolute Gasteiger partial charge is 0.214 e. The number of anilines is 1. The van der Waals surface area contributed by atoms with Crippen molar-refractivity contribution in [2.24, 2.45) is 0 Å². The highest BCUT2D eigenvalue weighted by Gasteiger charge is 2.16. The lowest BCUT2D eigenvalue weighted by molar-refractivity contribution is 0.896. The summed E-state index contributed by atoms with van der Waals surface area (Å²) in [5.74, 6) is 0. The minimum atomic E-state index is -0.0855. The van der Waals surface area contributed by atoms with E-state index in [1.807, 2.05) is 63.2 Å². The van der Waals surface area contributed by atoms with Gasteiger partial charge in [-0.1, -0.05) is 41.9 Å². The molecule has 4 aromatic rings. The summed E-state index contributed by atoms with van der Waals surface area (Å²) in [6, 6.07) is 15.7. The molecule has 3 heterocycles. The van der Waals surface area contributed by atoms with E-state index in [0.29, 0.717) is 21.9 Å². The first-order chi connectivity index (χ1) is 13.9. The maximum atomic E-state index is 13.1. The fourth-order valence-electron chi connectivity index (χ4n) is 3.39. The largest absolute Gasteiger partial charge is 0.379 e. The zero-order valence-electron chi connectivity index (χ0n) is 16.5. The van der Waals surface area contributed by atoms with Crippen LogP contribution in [0.4, 0.5) is 5.69 Å². The quantitative estimate of drug-likeness (QED) is 0.444. The molecule has 6 heteroatoms. The number of halogens is 1. The summed E-state index contributed by atoms with van der Waals surface area (Å²) in [7, 11) is 0. The Labute approximate surface area is 173 Å². The lowest BCUT2D eigenvalue weighted by atomic mass is 9.98. The van der Waals surface area contributed by atoms with Crippen molar-refractivity contribution in [3.8, 4) is 22.4 Å². The molecule has 0 atom stereocenters. The number of aromatic nitrogens is 3. The number of hydrogen-bond donors (Lipinski definition) is 2. The Morgan fingerprint density at radius 1 is 1.03 bits per heavy atom. The number of hydrogen-bond acceptors (Lipinski definition) is 4. The van der Waals surface area contributed by atoms with Gasteiger partial charge >= 0.3 is 0 Å². The number of nitrogens with one attached hydrogen (secondary N) is 2. The number of rotatable bonds is 4. The molecule has 2 N–H and O–H groups in total. The van der Waals surface area contributed by atoms with Crippen molar-refractivity contribution in [2.45, 2.75) is 26.8 Å². The summed E-state index contributed by atoms with van der Waals surface area (Å²) in [6.07, 6.45) is 1.68. The van der Waals surface area contributed by atoms with E-state index in [1.54, 1.807) is 12.3 Å². The first kappa shape index (κ1) is 19.2. The molecular formula is C23H21ClN4O. The Balaban J connectivity index is 2.04. The van der Waals surface area contributed by atoms with Crippen LogP contribution in [-0.2, 0) is 0 Å². The van der Waals surface area contributed by atoms with Crippen molar-refractivity contribution < 1.29 is 0 Å². The molecule has 1 aromatic carbocycles. The van der Waals surface area contributed by atoms with Crippen LogP contribution in [0.1, 0.15) is 19.5 Å². The number of nitrogens with zero attached hydrogens (tertiary/aromatic N) is 2. The molecule has 146 valence electrons. The van der Waals surface area contributed by atoms with Gasteiger partial charge in [0.1, 0.15) is 10.8 Å². The minimum absolute atomic E-state index is 0.0855. The van der Waals surface area contributed by atoms with Crippen LogP contribution in [0.5, 0.6) is 0 Å². The Bertz CT molecular complexity index is 1230. The van der Waals surface area contributed by atoms with Gasteiger partial charge < -0.3 is 10.3 Å². The van der Waals surface area contributed by atoms with E-state index in [2.05, 4.69) is 15.3 Å². The molecule has 0 amide bonds. The van der Waals surface area contributed by atoms with Gasteiger partial charge in [0.15, 0.2) is 0 Å². The van der Waals surface area contributed by atoms with Crippen LogP contribution in [0, 0.1) is 6.92 Å². The number of fused-ring (bicyclic) bond motifs is 1. The monoisotopic (exact) mass is 404 g/mol. The topological polar surface area (TPSA) is 70.7 Å². The molecule has 0 saturated heterocycles. The summed E-state index contributed by atoms with van der Waals surface area (Å²) in [5, 5.41) is 4.12. The summed E-state index contributed by atoms with van der Waals surface area (Å²) in [5.41, 5.74) is 5.23. The van der Waals surface area contributed by atoms with Crippen LogP contribution in [0.15, 0.2) is 59.5 Å². The van der Waals surface area contributed by atoms with Crippen molar-refractivity contribution in [3.05, 3.63) is 75.8 Å². The molecule has 0 saturated carbocycles. The average Bonchev–Trinajstić information content (AvgIpc) is 2.69. The molecule has 29 heavy (non-hydrogen) atoms. The Morgan fingerprint density at radius 2 is 1.79 bits per heavy atom. The number of benzene rings is 1. The van der Waals surface area contributed by atoms with E-state index < -0.39 is 0 Å². The van der Waals surface area contributed by atoms with E-state index in [0.717, 1.165) is 28.1 Å². The molecule has 5 nitrogen and oxygen atoms in total. The third-order valence-corrected chi connectivity index (χ3v) is 4.78. The standard InChI is InChI=1S/C23H21ClN4O/c1-13(2)26-19-12-25-23-18(22(19)29)11-17(16-9-14(3)27-20(24)10-16)21(28-23)15-7-5-4-6-8-15/h4-13,26H,1-3H3,(H,25,28,29). The van der Waals surface area contributed by atoms with Crippen LogP contribution in [0.3, 0.4) is 0 Å². The van der Waals surface area contributed by atoms with Gasteiger partial charge in [0.25, 0.3) is 0 Å². The van der Waals surface area contributed by atoms with Gasteiger partial charge in [0, 0.05) is 29.1 Å². The minimum Gasteiger partial charge on any atom is -0.379 e. The fourth-order valence-corrected chi connectivity index (χ4v) is 3.64. The van der Waals surface area contributed by atoms with Crippen molar-refractivity contribution in [3.63, 3.8) is 0 Å². The van der Waals surface area contributed by atoms with Crippen molar-refractivity contribution >= 4 is 28.3 Å². The van der Waals surface area contributed by atoms with Crippen LogP contribution in [0.2, 0.25) is 5.15 Å². The highest BCUT2D eigenvalue weighted by Crippen LogP contribution is 2.33. The highest BCUT2D eigenvalue weighted by atomic mass is 35.5. The van der Waals surface area contributed by atoms with Gasteiger partial charge in [-0.25, -0.2) is 9.97 Å². The lowest BCUT2D eigenvalue weighted by Crippen LogP contribution is -2.18. The second-order valence-corrected chi connectivity index (χ2v) is 7.68. The molecule has 0 unspecified atom stereocenters. The second-order valence-electron chi connectivity index (χ2n) is 7.30. The number of pyridine rings is 3. The summed E-state index contributed by atoms with van der Waals surface area (Å²) < 4.78 is 0. The molecule has 0 fully saturated rings. The van der Waals surface area contributed by atoms with Crippen molar-refractivity contribution in [2.75, 3.05) is 5.32 Å². The summed E-state index contributed by atoms with van der Waals surface area (Å²) >= 11 is 6.22. The van der Waals surface area contributed by atoms with E-state index in [1.165, 1.54) is 0 Å². The van der Waals surface area contributed by atoms with Crippen molar-refractivity contribution in [1.82, 2.24) is 15.0 Å². The van der Waals surface area contributed by atoms with E-state index in [-0.39, 0.29) is 11.5 Å². The first-order valence-electron chi connectivity index (χ1n) is 9.45. The molecule has 3 aromatic heterocycles. The Morgan fingerprint density at radius 3 is 2.48 bits per heavy atom. The third kappa shape index (κ3) is 3.87. The summed E-state index contributed by atoms with van der Waals surface area (Å²) in [6.45, 7) is 5.88. The van der Waals surface area contributed by atoms with Gasteiger partial charge in [-0.2, -0.15) is 0 Å². The number of aryl methyl sites for hydroxylation is 1. The van der Waals surface area contributed by atoms with E-state index >= 15 is 0 Å². The highest BCUT2D eigenvalue weighted by molar-refractivity contribution is 6.29. The van der Waals surface area contributed by atoms with Gasteiger partial charge in [-0.05, 0) is 44.5 Å². The summed E-state index contributed by atoms with van der Waals surface area (Å²) in [4.78, 5) is 25.3. The molecule has 0 bridgehead atoms. The lowest BCUT2D eigenvalue weighted by Gasteiger charge is -2.14. The Hall–Kier alpha value is -3.18. The van der Waals surface area contributed by atoms with Gasteiger partial charge in [-0.3, -0.25) is 4.79 Å². The number of aromatic amines is 1. The average molecular weight is 405 g/mol. The Kier molecular flexibility index (Phi) is 5.07. The third-order valence-electron chi connectivity index (χ3n) is 4.59. The molecule has 0 spiro atoms. The predicted octanol–water partition coefficient (Wildman–Crippen LogP) is 5.43. The van der Waals surface area contributed by atoms with E-state index in [9.17, 15) is 4.79 Å². The molecule has 0 aliphatic carbocycles. The van der Waals surface area contributed by atoms with Gasteiger partial charge in [0.05, 0.1) is 16.8 Å². The molecule has 0 aliphatic rings. The molecule has 0 aliphatic heterocycles.